The van der Waals surface area contributed by atoms with Gasteiger partial charge in [0.1, 0.15) is 0 Å². The molecule has 0 unspecified atom stereocenters. The Balaban J connectivity index is 2.45. The minimum atomic E-state index is 0.127. The summed E-state index contributed by atoms with van der Waals surface area (Å²) in [4.78, 5) is 0. The Hall–Kier alpha value is -1.80. The molecule has 0 spiro atoms. The van der Waals surface area contributed by atoms with E-state index in [9.17, 15) is 0 Å². The van der Waals surface area contributed by atoms with E-state index < -0.39 is 0 Å². The van der Waals surface area contributed by atoms with Gasteiger partial charge in [-0.25, -0.2) is 0 Å². The maximum Gasteiger partial charge on any atom is 0.0472 e. The summed E-state index contributed by atoms with van der Waals surface area (Å²) >= 11 is 0. The van der Waals surface area contributed by atoms with Gasteiger partial charge in [0, 0.05) is 17.9 Å². The first kappa shape index (κ1) is 11.7. The fourth-order valence-electron chi connectivity index (χ4n) is 1.94. The largest absolute Gasteiger partial charge is 0.398 e. The van der Waals surface area contributed by atoms with Crippen molar-refractivity contribution in [3.05, 3.63) is 53.6 Å². The summed E-state index contributed by atoms with van der Waals surface area (Å²) in [5.41, 5.74) is 11.3. The van der Waals surface area contributed by atoms with Crippen molar-refractivity contribution in [2.24, 2.45) is 0 Å². The van der Waals surface area contributed by atoms with Crippen LogP contribution in [0.3, 0.4) is 0 Å². The number of anilines is 1. The van der Waals surface area contributed by atoms with Crippen LogP contribution in [0.4, 0.5) is 5.69 Å². The second-order valence-corrected chi connectivity index (χ2v) is 4.22. The quantitative estimate of drug-likeness (QED) is 0.792. The third-order valence-corrected chi connectivity index (χ3v) is 2.94. The molecule has 0 fully saturated rings. The molecule has 2 heteroatoms. The van der Waals surface area contributed by atoms with Crippen LogP contribution in [0, 0.1) is 6.92 Å². The first-order chi connectivity index (χ1) is 8.22. The molecule has 2 nitrogen and oxygen atoms in total. The lowest BCUT2D eigenvalue weighted by Crippen LogP contribution is -1.99. The number of benzene rings is 2. The van der Waals surface area contributed by atoms with Crippen LogP contribution in [0.2, 0.25) is 0 Å². The molecule has 0 aliphatic rings. The topological polar surface area (TPSA) is 46.2 Å². The lowest BCUT2D eigenvalue weighted by atomic mass is 9.98. The fraction of sp³-hybridized carbons (Fsp3) is 0.200. The van der Waals surface area contributed by atoms with Crippen LogP contribution in [-0.2, 0) is 6.42 Å². The molecule has 2 aromatic carbocycles. The summed E-state index contributed by atoms with van der Waals surface area (Å²) in [7, 11) is 0. The second-order valence-electron chi connectivity index (χ2n) is 4.22. The average Bonchev–Trinajstić information content (AvgIpc) is 2.34. The lowest BCUT2D eigenvalue weighted by molar-refractivity contribution is 0.300. The predicted octanol–water partition coefficient (Wildman–Crippen LogP) is 2.78. The molecule has 17 heavy (non-hydrogen) atoms. The molecule has 0 heterocycles. The highest BCUT2D eigenvalue weighted by Gasteiger charge is 2.06. The van der Waals surface area contributed by atoms with Crippen molar-refractivity contribution in [3.8, 4) is 11.1 Å². The molecule has 88 valence electrons. The summed E-state index contributed by atoms with van der Waals surface area (Å²) in [6.07, 6.45) is 0.603. The smallest absolute Gasteiger partial charge is 0.0472 e. The zero-order chi connectivity index (χ0) is 12.3. The Kier molecular flexibility index (Phi) is 3.45. The van der Waals surface area contributed by atoms with Crippen molar-refractivity contribution in [1.29, 1.82) is 0 Å². The maximum atomic E-state index is 8.99. The van der Waals surface area contributed by atoms with E-state index in [2.05, 4.69) is 31.2 Å². The molecule has 2 rings (SSSR count). The molecule has 0 aliphatic heterocycles. The summed E-state index contributed by atoms with van der Waals surface area (Å²) in [6, 6.07) is 14.3. The standard InChI is InChI=1S/C15H17NO/c1-11-5-7-12(8-6-11)14-4-2-3-13(9-10-17)15(14)16/h2-8,17H,9-10,16H2,1H3. The van der Waals surface area contributed by atoms with E-state index in [1.54, 1.807) is 0 Å². The summed E-state index contributed by atoms with van der Waals surface area (Å²) in [5, 5.41) is 8.99. The summed E-state index contributed by atoms with van der Waals surface area (Å²) < 4.78 is 0. The van der Waals surface area contributed by atoms with Crippen LogP contribution in [-0.4, -0.2) is 11.7 Å². The molecule has 0 saturated carbocycles. The van der Waals surface area contributed by atoms with Gasteiger partial charge in [0.15, 0.2) is 0 Å². The normalized spacial score (nSPS) is 10.5. The minimum Gasteiger partial charge on any atom is -0.398 e. The summed E-state index contributed by atoms with van der Waals surface area (Å²) in [5.74, 6) is 0. The van der Waals surface area contributed by atoms with Gasteiger partial charge in [-0.1, -0.05) is 48.0 Å². The molecule has 3 N–H and O–H groups in total. The first-order valence-electron chi connectivity index (χ1n) is 5.77. The third-order valence-electron chi connectivity index (χ3n) is 2.94. The van der Waals surface area contributed by atoms with Crippen LogP contribution in [0.25, 0.3) is 11.1 Å². The maximum absolute atomic E-state index is 8.99. The van der Waals surface area contributed by atoms with Crippen LogP contribution in [0.1, 0.15) is 11.1 Å². The minimum absolute atomic E-state index is 0.127. The van der Waals surface area contributed by atoms with Crippen molar-refractivity contribution in [1.82, 2.24) is 0 Å². The highest BCUT2D eigenvalue weighted by molar-refractivity contribution is 5.78. The van der Waals surface area contributed by atoms with Gasteiger partial charge in [0.2, 0.25) is 0 Å². The van der Waals surface area contributed by atoms with Crippen LogP contribution in [0.15, 0.2) is 42.5 Å². The van der Waals surface area contributed by atoms with Crippen molar-refractivity contribution in [3.63, 3.8) is 0 Å². The Morgan fingerprint density at radius 3 is 2.41 bits per heavy atom. The van der Waals surface area contributed by atoms with Gasteiger partial charge in [-0.3, -0.25) is 0 Å². The monoisotopic (exact) mass is 227 g/mol. The van der Waals surface area contributed by atoms with Gasteiger partial charge >= 0.3 is 0 Å². The number of para-hydroxylation sites is 1. The summed E-state index contributed by atoms with van der Waals surface area (Å²) in [6.45, 7) is 2.19. The zero-order valence-electron chi connectivity index (χ0n) is 9.98. The number of aliphatic hydroxyl groups is 1. The van der Waals surface area contributed by atoms with E-state index in [1.165, 1.54) is 5.56 Å². The van der Waals surface area contributed by atoms with E-state index in [0.29, 0.717) is 6.42 Å². The SMILES string of the molecule is Cc1ccc(-c2cccc(CCO)c2N)cc1. The number of aryl methyl sites for hydroxylation is 1. The highest BCUT2D eigenvalue weighted by atomic mass is 16.2. The van der Waals surface area contributed by atoms with Crippen molar-refractivity contribution >= 4 is 5.69 Å². The number of rotatable bonds is 3. The van der Waals surface area contributed by atoms with E-state index in [1.807, 2.05) is 18.2 Å². The van der Waals surface area contributed by atoms with Crippen molar-refractivity contribution in [2.75, 3.05) is 12.3 Å². The van der Waals surface area contributed by atoms with Gasteiger partial charge in [0.05, 0.1) is 0 Å². The molecule has 0 saturated heterocycles. The van der Waals surface area contributed by atoms with Gasteiger partial charge < -0.3 is 10.8 Å². The molecule has 0 aromatic heterocycles. The van der Waals surface area contributed by atoms with E-state index >= 15 is 0 Å². The van der Waals surface area contributed by atoms with Crippen LogP contribution >= 0.6 is 0 Å². The van der Waals surface area contributed by atoms with Crippen LogP contribution < -0.4 is 5.73 Å². The molecule has 2 aromatic rings. The Morgan fingerprint density at radius 2 is 1.76 bits per heavy atom. The average molecular weight is 227 g/mol. The molecule has 0 atom stereocenters. The van der Waals surface area contributed by atoms with Gasteiger partial charge in [-0.05, 0) is 24.5 Å². The Bertz CT molecular complexity index is 503. The number of hydrogen-bond acceptors (Lipinski definition) is 2. The number of aliphatic hydroxyl groups excluding tert-OH is 1. The number of nitrogens with two attached hydrogens (primary N) is 1. The second kappa shape index (κ2) is 5.02. The van der Waals surface area contributed by atoms with Gasteiger partial charge in [-0.2, -0.15) is 0 Å². The molecule has 0 amide bonds. The van der Waals surface area contributed by atoms with Crippen molar-refractivity contribution in [2.45, 2.75) is 13.3 Å². The molecule has 0 aliphatic carbocycles. The van der Waals surface area contributed by atoms with Crippen molar-refractivity contribution < 1.29 is 5.11 Å². The molecular formula is C15H17NO. The van der Waals surface area contributed by atoms with E-state index in [-0.39, 0.29) is 6.61 Å². The molecule has 0 bridgehead atoms. The number of nitrogen functional groups attached to an aromatic ring is 1. The Morgan fingerprint density at radius 1 is 1.06 bits per heavy atom. The lowest BCUT2D eigenvalue weighted by Gasteiger charge is -2.10. The van der Waals surface area contributed by atoms with Crippen LogP contribution in [0.5, 0.6) is 0 Å². The first-order valence-corrected chi connectivity index (χ1v) is 5.77. The zero-order valence-corrected chi connectivity index (χ0v) is 9.98. The highest BCUT2D eigenvalue weighted by Crippen LogP contribution is 2.28. The fourth-order valence-corrected chi connectivity index (χ4v) is 1.94. The third kappa shape index (κ3) is 2.48. The molecular weight excluding hydrogens is 210 g/mol. The predicted molar refractivity (Wildman–Crippen MR) is 71.8 cm³/mol. The van der Waals surface area contributed by atoms with Gasteiger partial charge in [-0.15, -0.1) is 0 Å². The Labute approximate surface area is 102 Å². The number of hydrogen-bond donors (Lipinski definition) is 2. The molecule has 0 radical (unpaired) electrons. The van der Waals surface area contributed by atoms with E-state index in [0.717, 1.165) is 22.4 Å². The van der Waals surface area contributed by atoms with E-state index in [4.69, 9.17) is 10.8 Å². The van der Waals surface area contributed by atoms with Gasteiger partial charge in [0.25, 0.3) is 0 Å².